The summed E-state index contributed by atoms with van der Waals surface area (Å²) in [6.45, 7) is 4.72. The molecular weight excluding hydrogens is 458 g/mol. The van der Waals surface area contributed by atoms with E-state index < -0.39 is 0 Å². The first kappa shape index (κ1) is 23.7. The van der Waals surface area contributed by atoms with E-state index in [9.17, 15) is 9.59 Å². The van der Waals surface area contributed by atoms with Crippen molar-refractivity contribution < 1.29 is 18.8 Å². The lowest BCUT2D eigenvalue weighted by molar-refractivity contribution is -0.131. The molecule has 178 valence electrons. The van der Waals surface area contributed by atoms with Crippen LogP contribution in [-0.2, 0) is 16.0 Å². The molecule has 0 aliphatic carbocycles. The van der Waals surface area contributed by atoms with Crippen LogP contribution in [0.25, 0.3) is 11.4 Å². The maximum absolute atomic E-state index is 12.6. The summed E-state index contributed by atoms with van der Waals surface area (Å²) in [5, 5.41) is 4.65. The number of amides is 1. The number of benzene rings is 1. The molecular formula is C24H26ClN5O4. The Hall–Kier alpha value is -3.46. The highest BCUT2D eigenvalue weighted by Crippen LogP contribution is 2.20. The number of aromatic nitrogens is 3. The molecule has 1 amide bonds. The fourth-order valence-electron chi connectivity index (χ4n) is 3.71. The molecule has 1 aliphatic rings. The van der Waals surface area contributed by atoms with E-state index in [4.69, 9.17) is 20.9 Å². The van der Waals surface area contributed by atoms with E-state index in [-0.39, 0.29) is 11.9 Å². The molecule has 1 saturated heterocycles. The van der Waals surface area contributed by atoms with Crippen LogP contribution in [0.3, 0.4) is 0 Å². The molecule has 0 spiro atoms. The van der Waals surface area contributed by atoms with E-state index in [1.165, 1.54) is 6.20 Å². The summed E-state index contributed by atoms with van der Waals surface area (Å²) in [6, 6.07) is 10.8. The van der Waals surface area contributed by atoms with Gasteiger partial charge in [0.05, 0.1) is 12.2 Å². The number of hydrogen-bond acceptors (Lipinski definition) is 8. The van der Waals surface area contributed by atoms with E-state index in [0.29, 0.717) is 74.3 Å². The second-order valence-electron chi connectivity index (χ2n) is 7.87. The highest BCUT2D eigenvalue weighted by Gasteiger charge is 2.22. The van der Waals surface area contributed by atoms with E-state index in [1.54, 1.807) is 25.1 Å². The highest BCUT2D eigenvalue weighted by atomic mass is 35.5. The van der Waals surface area contributed by atoms with Gasteiger partial charge in [0.1, 0.15) is 5.82 Å². The van der Waals surface area contributed by atoms with Crippen molar-refractivity contribution in [3.8, 4) is 11.4 Å². The van der Waals surface area contributed by atoms with Crippen LogP contribution in [0.4, 0.5) is 5.82 Å². The fraction of sp³-hybridized carbons (Fsp3) is 0.375. The smallest absolute Gasteiger partial charge is 0.339 e. The van der Waals surface area contributed by atoms with Crippen LogP contribution < -0.4 is 4.90 Å². The van der Waals surface area contributed by atoms with E-state index in [0.717, 1.165) is 11.4 Å². The Bertz CT molecular complexity index is 1110. The van der Waals surface area contributed by atoms with E-state index in [1.807, 2.05) is 23.1 Å². The number of carbonyl (C=O) groups excluding carboxylic acids is 2. The van der Waals surface area contributed by atoms with Crippen LogP contribution in [0.5, 0.6) is 0 Å². The Kier molecular flexibility index (Phi) is 7.74. The Morgan fingerprint density at radius 3 is 2.53 bits per heavy atom. The number of pyridine rings is 1. The van der Waals surface area contributed by atoms with Gasteiger partial charge in [-0.2, -0.15) is 4.98 Å². The third-order valence-corrected chi connectivity index (χ3v) is 5.82. The van der Waals surface area contributed by atoms with Crippen LogP contribution in [0.15, 0.2) is 47.1 Å². The average Bonchev–Trinajstić information content (AvgIpc) is 3.34. The number of halogens is 1. The zero-order chi connectivity index (χ0) is 23.9. The number of esters is 1. The Morgan fingerprint density at radius 1 is 1.09 bits per heavy atom. The van der Waals surface area contributed by atoms with E-state index in [2.05, 4.69) is 20.0 Å². The molecule has 0 radical (unpaired) electrons. The second kappa shape index (κ2) is 11.1. The van der Waals surface area contributed by atoms with Gasteiger partial charge in [0.2, 0.25) is 17.6 Å². The van der Waals surface area contributed by atoms with Crippen molar-refractivity contribution in [1.82, 2.24) is 20.0 Å². The van der Waals surface area contributed by atoms with Crippen LogP contribution in [-0.4, -0.2) is 64.7 Å². The lowest BCUT2D eigenvalue weighted by Gasteiger charge is -2.35. The third kappa shape index (κ3) is 5.91. The first-order valence-electron chi connectivity index (χ1n) is 11.3. The molecule has 1 fully saturated rings. The maximum atomic E-state index is 12.6. The lowest BCUT2D eigenvalue weighted by atomic mass is 10.2. The van der Waals surface area contributed by atoms with Gasteiger partial charge in [0, 0.05) is 55.8 Å². The standard InChI is InChI=1S/C24H26ClN5O4/c1-2-33-24(32)18-8-11-20(26-16-18)29-12-14-30(15-13-29)22(31)5-3-4-21-27-23(28-34-21)17-6-9-19(25)10-7-17/h6-11,16H,2-5,12-15H2,1H3. The molecule has 0 N–H and O–H groups in total. The summed E-state index contributed by atoms with van der Waals surface area (Å²) in [5.41, 5.74) is 1.26. The zero-order valence-corrected chi connectivity index (χ0v) is 19.7. The number of rotatable bonds is 8. The number of aryl methyl sites for hydroxylation is 1. The summed E-state index contributed by atoms with van der Waals surface area (Å²) < 4.78 is 10.3. The fourth-order valence-corrected chi connectivity index (χ4v) is 3.84. The summed E-state index contributed by atoms with van der Waals surface area (Å²) in [7, 11) is 0. The lowest BCUT2D eigenvalue weighted by Crippen LogP contribution is -2.49. The number of carbonyl (C=O) groups is 2. The SMILES string of the molecule is CCOC(=O)c1ccc(N2CCN(C(=O)CCCc3nc(-c4ccc(Cl)cc4)no3)CC2)nc1. The van der Waals surface area contributed by atoms with Gasteiger partial charge in [-0.3, -0.25) is 4.79 Å². The van der Waals surface area contributed by atoms with Gasteiger partial charge in [0.25, 0.3) is 0 Å². The van der Waals surface area contributed by atoms with Crippen LogP contribution in [0.1, 0.15) is 36.0 Å². The summed E-state index contributed by atoms with van der Waals surface area (Å²) in [4.78, 5) is 37.2. The number of nitrogens with zero attached hydrogens (tertiary/aromatic N) is 5. The number of anilines is 1. The minimum absolute atomic E-state index is 0.114. The van der Waals surface area contributed by atoms with Crippen molar-refractivity contribution in [3.63, 3.8) is 0 Å². The number of piperazine rings is 1. The van der Waals surface area contributed by atoms with Crippen molar-refractivity contribution in [3.05, 3.63) is 59.1 Å². The van der Waals surface area contributed by atoms with Crippen molar-refractivity contribution in [2.24, 2.45) is 0 Å². The summed E-state index contributed by atoms with van der Waals surface area (Å²) in [6.07, 6.45) is 3.13. The Balaban J connectivity index is 1.21. The predicted molar refractivity (Wildman–Crippen MR) is 127 cm³/mol. The quantitative estimate of drug-likeness (QED) is 0.447. The Morgan fingerprint density at radius 2 is 1.85 bits per heavy atom. The summed E-state index contributed by atoms with van der Waals surface area (Å²) in [5.74, 6) is 1.55. The van der Waals surface area contributed by atoms with Gasteiger partial charge < -0.3 is 19.1 Å². The molecule has 0 atom stereocenters. The minimum atomic E-state index is -0.376. The molecule has 9 nitrogen and oxygen atoms in total. The average molecular weight is 484 g/mol. The monoisotopic (exact) mass is 483 g/mol. The molecule has 1 aromatic carbocycles. The predicted octanol–water partition coefficient (Wildman–Crippen LogP) is 3.63. The van der Waals surface area contributed by atoms with Crippen LogP contribution >= 0.6 is 11.6 Å². The zero-order valence-electron chi connectivity index (χ0n) is 18.9. The van der Waals surface area contributed by atoms with Crippen molar-refractivity contribution in [1.29, 1.82) is 0 Å². The van der Waals surface area contributed by atoms with Gasteiger partial charge in [0.15, 0.2) is 0 Å². The molecule has 2 aromatic heterocycles. The molecule has 0 bridgehead atoms. The van der Waals surface area contributed by atoms with Crippen molar-refractivity contribution in [2.75, 3.05) is 37.7 Å². The normalized spacial score (nSPS) is 13.7. The van der Waals surface area contributed by atoms with Gasteiger partial charge in [-0.15, -0.1) is 0 Å². The molecule has 4 rings (SSSR count). The van der Waals surface area contributed by atoms with Crippen molar-refractivity contribution in [2.45, 2.75) is 26.2 Å². The number of hydrogen-bond donors (Lipinski definition) is 0. The summed E-state index contributed by atoms with van der Waals surface area (Å²) >= 11 is 5.91. The van der Waals surface area contributed by atoms with Gasteiger partial charge in [-0.25, -0.2) is 9.78 Å². The molecule has 3 heterocycles. The molecule has 3 aromatic rings. The largest absolute Gasteiger partial charge is 0.462 e. The Labute approximate surface area is 202 Å². The van der Waals surface area contributed by atoms with Gasteiger partial charge in [-0.1, -0.05) is 16.8 Å². The van der Waals surface area contributed by atoms with Gasteiger partial charge >= 0.3 is 5.97 Å². The highest BCUT2D eigenvalue weighted by molar-refractivity contribution is 6.30. The first-order valence-corrected chi connectivity index (χ1v) is 11.7. The second-order valence-corrected chi connectivity index (χ2v) is 8.30. The number of ether oxygens (including phenoxy) is 1. The van der Waals surface area contributed by atoms with E-state index >= 15 is 0 Å². The molecule has 34 heavy (non-hydrogen) atoms. The van der Waals surface area contributed by atoms with Crippen LogP contribution in [0, 0.1) is 0 Å². The van der Waals surface area contributed by atoms with Crippen LogP contribution in [0.2, 0.25) is 5.02 Å². The minimum Gasteiger partial charge on any atom is -0.462 e. The first-order chi connectivity index (χ1) is 16.5. The van der Waals surface area contributed by atoms with Gasteiger partial charge in [-0.05, 0) is 49.7 Å². The maximum Gasteiger partial charge on any atom is 0.339 e. The molecule has 1 aliphatic heterocycles. The molecule has 0 saturated carbocycles. The topological polar surface area (TPSA) is 102 Å². The molecule has 10 heteroatoms. The molecule has 0 unspecified atom stereocenters. The van der Waals surface area contributed by atoms with Crippen molar-refractivity contribution >= 4 is 29.3 Å². The third-order valence-electron chi connectivity index (χ3n) is 5.57.